The average molecular weight is 330 g/mol. The highest BCUT2D eigenvalue weighted by atomic mass is 79.9. The molecule has 0 radical (unpaired) electrons. The van der Waals surface area contributed by atoms with Crippen LogP contribution in [0.2, 0.25) is 0 Å². The largest absolute Gasteiger partial charge is 0.383 e. The highest BCUT2D eigenvalue weighted by Gasteiger charge is 2.18. The van der Waals surface area contributed by atoms with Gasteiger partial charge in [0.15, 0.2) is 5.82 Å². The van der Waals surface area contributed by atoms with E-state index in [4.69, 9.17) is 5.73 Å². The van der Waals surface area contributed by atoms with Gasteiger partial charge in [0.2, 0.25) is 0 Å². The normalized spacial score (nSPS) is 11.2. The van der Waals surface area contributed by atoms with Gasteiger partial charge in [0.05, 0.1) is 12.4 Å². The first-order valence-electron chi connectivity index (χ1n) is 4.70. The maximum atomic E-state index is 12.0. The summed E-state index contributed by atoms with van der Waals surface area (Å²) < 4.78 is 26.8. The lowest BCUT2D eigenvalue weighted by atomic mass is 10.5. The Labute approximate surface area is 112 Å². The van der Waals surface area contributed by atoms with Gasteiger partial charge in [-0.05, 0) is 28.1 Å². The molecule has 0 spiro atoms. The van der Waals surface area contributed by atoms with Gasteiger partial charge in [0.1, 0.15) is 15.3 Å². The van der Waals surface area contributed by atoms with Crippen LogP contribution in [0.1, 0.15) is 0 Å². The summed E-state index contributed by atoms with van der Waals surface area (Å²) in [6.07, 6.45) is 4.08. The number of pyridine rings is 1. The lowest BCUT2D eigenvalue weighted by molar-refractivity contribution is 0.601. The SMILES string of the molecule is Nc1ncccc1S(=O)(=O)Nc1cnc(Br)cn1. The quantitative estimate of drug-likeness (QED) is 0.869. The van der Waals surface area contributed by atoms with E-state index in [9.17, 15) is 8.42 Å². The van der Waals surface area contributed by atoms with Crippen molar-refractivity contribution in [2.75, 3.05) is 10.5 Å². The fraction of sp³-hybridized carbons (Fsp3) is 0. The van der Waals surface area contributed by atoms with Gasteiger partial charge in [-0.25, -0.2) is 23.4 Å². The second-order valence-electron chi connectivity index (χ2n) is 3.22. The highest BCUT2D eigenvalue weighted by Crippen LogP contribution is 2.18. The number of nitrogens with two attached hydrogens (primary N) is 1. The Morgan fingerprint density at radius 3 is 2.61 bits per heavy atom. The molecule has 0 saturated heterocycles. The Morgan fingerprint density at radius 1 is 1.22 bits per heavy atom. The molecule has 0 saturated carbocycles. The number of aromatic nitrogens is 3. The number of sulfonamides is 1. The lowest BCUT2D eigenvalue weighted by Gasteiger charge is -2.08. The molecule has 0 amide bonds. The summed E-state index contributed by atoms with van der Waals surface area (Å²) in [4.78, 5) is 11.3. The zero-order valence-electron chi connectivity index (χ0n) is 8.91. The molecule has 0 unspecified atom stereocenters. The summed E-state index contributed by atoms with van der Waals surface area (Å²) in [6.45, 7) is 0. The lowest BCUT2D eigenvalue weighted by Crippen LogP contribution is -2.16. The molecule has 0 aliphatic carbocycles. The summed E-state index contributed by atoms with van der Waals surface area (Å²) >= 11 is 3.10. The molecule has 0 aliphatic heterocycles. The Bertz CT molecular complexity index is 659. The van der Waals surface area contributed by atoms with Crippen molar-refractivity contribution < 1.29 is 8.42 Å². The highest BCUT2D eigenvalue weighted by molar-refractivity contribution is 9.10. The zero-order valence-corrected chi connectivity index (χ0v) is 11.3. The molecule has 2 aromatic heterocycles. The van der Waals surface area contributed by atoms with E-state index < -0.39 is 10.0 Å². The van der Waals surface area contributed by atoms with Crippen LogP contribution in [0, 0.1) is 0 Å². The first-order valence-corrected chi connectivity index (χ1v) is 6.97. The van der Waals surface area contributed by atoms with E-state index in [1.54, 1.807) is 0 Å². The third-order valence-corrected chi connectivity index (χ3v) is 3.76. The van der Waals surface area contributed by atoms with Crippen LogP contribution in [0.5, 0.6) is 0 Å². The molecule has 9 heteroatoms. The van der Waals surface area contributed by atoms with Gasteiger partial charge in [-0.3, -0.25) is 4.72 Å². The predicted octanol–water partition coefficient (Wildman–Crippen LogP) is 1.02. The minimum Gasteiger partial charge on any atom is -0.383 e. The number of nitrogens with zero attached hydrogens (tertiary/aromatic N) is 3. The topological polar surface area (TPSA) is 111 Å². The summed E-state index contributed by atoms with van der Waals surface area (Å²) in [5.74, 6) is 0.0246. The summed E-state index contributed by atoms with van der Waals surface area (Å²) in [6, 6.07) is 2.84. The van der Waals surface area contributed by atoms with Gasteiger partial charge < -0.3 is 5.73 Å². The molecule has 0 aliphatic rings. The van der Waals surface area contributed by atoms with Gasteiger partial charge >= 0.3 is 0 Å². The van der Waals surface area contributed by atoms with Gasteiger partial charge in [0.25, 0.3) is 10.0 Å². The van der Waals surface area contributed by atoms with Crippen LogP contribution in [-0.2, 0) is 10.0 Å². The van der Waals surface area contributed by atoms with Crippen molar-refractivity contribution in [2.24, 2.45) is 0 Å². The number of nitrogens with one attached hydrogen (secondary N) is 1. The monoisotopic (exact) mass is 329 g/mol. The van der Waals surface area contributed by atoms with E-state index in [2.05, 4.69) is 35.6 Å². The summed E-state index contributed by atoms with van der Waals surface area (Å²) in [7, 11) is -3.81. The number of rotatable bonds is 3. The van der Waals surface area contributed by atoms with Crippen molar-refractivity contribution in [2.45, 2.75) is 4.90 Å². The first-order chi connectivity index (χ1) is 8.49. The molecule has 94 valence electrons. The Hall–Kier alpha value is -1.74. The maximum Gasteiger partial charge on any atom is 0.266 e. The second kappa shape index (κ2) is 4.86. The van der Waals surface area contributed by atoms with Gasteiger partial charge in [-0.1, -0.05) is 0 Å². The molecular formula is C9H8BrN5O2S. The average Bonchev–Trinajstić information content (AvgIpc) is 2.32. The molecule has 0 aromatic carbocycles. The molecule has 0 atom stereocenters. The fourth-order valence-electron chi connectivity index (χ4n) is 1.19. The van der Waals surface area contributed by atoms with Crippen LogP contribution < -0.4 is 10.5 Å². The molecular weight excluding hydrogens is 322 g/mol. The van der Waals surface area contributed by atoms with Gasteiger partial charge in [-0.2, -0.15) is 0 Å². The van der Waals surface area contributed by atoms with E-state index >= 15 is 0 Å². The molecule has 0 fully saturated rings. The molecule has 2 rings (SSSR count). The van der Waals surface area contributed by atoms with Crippen LogP contribution in [0.4, 0.5) is 11.6 Å². The van der Waals surface area contributed by atoms with Crippen molar-refractivity contribution in [1.29, 1.82) is 0 Å². The molecule has 18 heavy (non-hydrogen) atoms. The van der Waals surface area contributed by atoms with E-state index in [1.165, 1.54) is 30.7 Å². The number of nitrogen functional groups attached to an aromatic ring is 1. The Kier molecular flexibility index (Phi) is 3.43. The van der Waals surface area contributed by atoms with Crippen LogP contribution in [0.3, 0.4) is 0 Å². The van der Waals surface area contributed by atoms with Crippen LogP contribution in [0.15, 0.2) is 40.2 Å². The molecule has 2 aromatic rings. The van der Waals surface area contributed by atoms with Crippen LogP contribution in [-0.4, -0.2) is 23.4 Å². The summed E-state index contributed by atoms with van der Waals surface area (Å²) in [5, 5.41) is 0. The maximum absolute atomic E-state index is 12.0. The first kappa shape index (κ1) is 12.7. The second-order valence-corrected chi connectivity index (χ2v) is 5.68. The van der Waals surface area contributed by atoms with E-state index in [-0.39, 0.29) is 16.5 Å². The van der Waals surface area contributed by atoms with E-state index in [0.717, 1.165) is 0 Å². The number of hydrogen-bond donors (Lipinski definition) is 2. The number of halogens is 1. The number of hydrogen-bond acceptors (Lipinski definition) is 6. The van der Waals surface area contributed by atoms with Gasteiger partial charge in [-0.15, -0.1) is 0 Å². The zero-order chi connectivity index (χ0) is 13.2. The van der Waals surface area contributed by atoms with E-state index in [0.29, 0.717) is 4.60 Å². The van der Waals surface area contributed by atoms with Crippen molar-refractivity contribution in [3.05, 3.63) is 35.3 Å². The van der Waals surface area contributed by atoms with Crippen LogP contribution >= 0.6 is 15.9 Å². The van der Waals surface area contributed by atoms with Crippen LogP contribution in [0.25, 0.3) is 0 Å². The van der Waals surface area contributed by atoms with Gasteiger partial charge in [0, 0.05) is 6.20 Å². The third kappa shape index (κ3) is 2.74. The molecule has 7 nitrogen and oxygen atoms in total. The third-order valence-electron chi connectivity index (χ3n) is 1.95. The molecule has 0 bridgehead atoms. The smallest absolute Gasteiger partial charge is 0.266 e. The number of anilines is 2. The van der Waals surface area contributed by atoms with Crippen molar-refractivity contribution in [3.63, 3.8) is 0 Å². The Balaban J connectivity index is 2.33. The standard InChI is InChI=1S/C9H8BrN5O2S/c10-7-4-14-8(5-13-7)15-18(16,17)6-2-1-3-12-9(6)11/h1-5H,(H2,11,12)(H,14,15). The minimum absolute atomic E-state index is 0.0740. The van der Waals surface area contributed by atoms with Crippen molar-refractivity contribution in [3.8, 4) is 0 Å². The minimum atomic E-state index is -3.81. The fourth-order valence-corrected chi connectivity index (χ4v) is 2.47. The van der Waals surface area contributed by atoms with Crippen molar-refractivity contribution in [1.82, 2.24) is 15.0 Å². The molecule has 3 N–H and O–H groups in total. The summed E-state index contributed by atoms with van der Waals surface area (Å²) in [5.41, 5.74) is 5.51. The van der Waals surface area contributed by atoms with E-state index in [1.807, 2.05) is 0 Å². The van der Waals surface area contributed by atoms with Crippen molar-refractivity contribution >= 4 is 37.6 Å². The predicted molar refractivity (Wildman–Crippen MR) is 69.2 cm³/mol. The Morgan fingerprint density at radius 2 is 2.00 bits per heavy atom. The molecule has 2 heterocycles.